The highest BCUT2D eigenvalue weighted by atomic mass is 15.2. The molecule has 0 spiro atoms. The molecule has 0 bridgehead atoms. The molecule has 13 rings (SSSR count). The molecule has 0 unspecified atom stereocenters. The second-order valence-electron chi connectivity index (χ2n) is 22.2. The van der Waals surface area contributed by atoms with Crippen molar-refractivity contribution in [3.05, 3.63) is 271 Å². The topological polar surface area (TPSA) is 6.48 Å². The van der Waals surface area contributed by atoms with Crippen LogP contribution in [0.2, 0.25) is 0 Å². The van der Waals surface area contributed by atoms with Gasteiger partial charge in [-0.1, -0.05) is 284 Å². The summed E-state index contributed by atoms with van der Waals surface area (Å²) in [6, 6.07) is -3.69. The highest BCUT2D eigenvalue weighted by Gasteiger charge is 2.45. The number of unbranched alkanes of at least 4 members (excludes halogenated alkanes) is 9. The average molecular weight is 1160 g/mol. The smallest absolute Gasteiger partial charge is 0.252 e. The number of fused-ring (bicyclic) bond motifs is 4. The van der Waals surface area contributed by atoms with Crippen LogP contribution in [0.15, 0.2) is 254 Å². The first kappa shape index (κ1) is 32.2. The van der Waals surface area contributed by atoms with Gasteiger partial charge in [-0.2, -0.15) is 0 Å². The Morgan fingerprint density at radius 1 is 0.287 bits per heavy atom. The highest BCUT2D eigenvalue weighted by Crippen LogP contribution is 2.54. The molecule has 87 heavy (non-hydrogen) atoms. The molecule has 0 amide bonds. The van der Waals surface area contributed by atoms with Crippen molar-refractivity contribution in [2.45, 2.75) is 117 Å². The largest absolute Gasteiger partial charge is 0.310 e. The van der Waals surface area contributed by atoms with E-state index in [0.717, 1.165) is 62.5 Å². The predicted octanol–water partition coefficient (Wildman–Crippen LogP) is 22.1. The average Bonchev–Trinajstić information content (AvgIpc) is 0.684. The second kappa shape index (κ2) is 26.8. The molecule has 0 atom stereocenters. The van der Waals surface area contributed by atoms with Crippen LogP contribution >= 0.6 is 0 Å². The maximum Gasteiger partial charge on any atom is 0.252 e. The SMILES string of the molecule is [2H]c1c([2H])c([2H])c(-c2cc(-c3c([2H])c([2H])c([2H])c([2H])c3[2H])c(N3c4ccc(CCCCCC)cc4B4c5cc(CCCCCC)ccc5N(c5c(-c6c([2H])c([2H])c([2H])c([2H])c6[2H])cc(-c6c([2H])c([2H])c([2H])c([2H])c6[2H])cc5-c5c([2H])c([2H])c([2H])c([2H])c5[2H])c5cc(CCCCCC)cc3c54)c(-c3c([2H])c([2H])c([2H])c([2H])c3[2H])c2)c([2H])c1[2H]. The number of hydrogen-bond donors (Lipinski definition) is 0. The number of hydrogen-bond acceptors (Lipinski definition) is 2. The summed E-state index contributed by atoms with van der Waals surface area (Å²) in [6.45, 7) is 5.24. The number of anilines is 6. The number of aryl methyl sites for hydroxylation is 3. The van der Waals surface area contributed by atoms with Gasteiger partial charge in [0.15, 0.2) is 0 Å². The maximum absolute atomic E-state index is 10.0. The third-order valence-corrected chi connectivity index (χ3v) is 16.5. The van der Waals surface area contributed by atoms with E-state index in [4.69, 9.17) is 13.7 Å². The van der Waals surface area contributed by atoms with Gasteiger partial charge in [0.1, 0.15) is 0 Å². The lowest BCUT2D eigenvalue weighted by atomic mass is 9.33. The predicted molar refractivity (Wildman–Crippen MR) is 377 cm³/mol. The van der Waals surface area contributed by atoms with Crippen LogP contribution in [-0.4, -0.2) is 6.71 Å². The normalized spacial score (nSPS) is 17.1. The Morgan fingerprint density at radius 3 is 0.897 bits per heavy atom. The van der Waals surface area contributed by atoms with Crippen LogP contribution in [0, 0.1) is 0 Å². The lowest BCUT2D eigenvalue weighted by molar-refractivity contribution is 0.667. The van der Waals surface area contributed by atoms with Gasteiger partial charge in [0.25, 0.3) is 6.71 Å². The van der Waals surface area contributed by atoms with Gasteiger partial charge < -0.3 is 9.80 Å². The standard InChI is InChI=1S/C84H81BN2/c1-4-7-10-19-34-61-49-51-78-76(53-61)85-77-54-62(35-20-11-8-5-2)50-52-79(77)87(84-74(68-45-30-17-31-46-68)59-71(65-39-24-14-25-40-65)60-75(84)69-47-32-18-33-48-69)81-56-63(36-21-12-9-6-3)55-80(82(81)85)86(78)83-72(66-41-26-15-27-42-66)57-70(64-37-22-13-23-38-64)58-73(83)67-43-28-16-29-44-67/h13-18,22-33,37-60H,4-12,19-21,34-36H2,1-3H3/i13D,14D,15D,16D,17D,18D,22D,23D,24D,25D,26D,27D,28D,29D,30D,31D,32D,33D,37D,38D,39D,40D,41D,42D,43D,44D,45D,46D,47D,48D. The van der Waals surface area contributed by atoms with E-state index in [1.54, 1.807) is 9.80 Å². The van der Waals surface area contributed by atoms with Crippen molar-refractivity contribution in [2.75, 3.05) is 9.80 Å². The van der Waals surface area contributed by atoms with Gasteiger partial charge in [-0.15, -0.1) is 0 Å². The molecule has 0 saturated heterocycles. The molecule has 3 heteroatoms. The van der Waals surface area contributed by atoms with Crippen LogP contribution in [0.5, 0.6) is 0 Å². The summed E-state index contributed by atoms with van der Waals surface area (Å²) in [4.78, 5) is 3.43. The van der Waals surface area contributed by atoms with Gasteiger partial charge in [-0.05, 0) is 165 Å². The zero-order valence-corrected chi connectivity index (χ0v) is 49.0. The third-order valence-electron chi connectivity index (χ3n) is 16.5. The zero-order chi connectivity index (χ0) is 85.0. The van der Waals surface area contributed by atoms with Gasteiger partial charge in [-0.25, -0.2) is 0 Å². The molecule has 2 aliphatic rings. The molecule has 0 radical (unpaired) electrons. The zero-order valence-electron chi connectivity index (χ0n) is 79.0. The van der Waals surface area contributed by atoms with Crippen LogP contribution in [0.25, 0.3) is 66.8 Å². The van der Waals surface area contributed by atoms with Crippen molar-refractivity contribution in [3.63, 3.8) is 0 Å². The first-order chi connectivity index (χ1) is 55.5. The van der Waals surface area contributed by atoms with Gasteiger partial charge in [-0.3, -0.25) is 0 Å². The molecule has 2 heterocycles. The second-order valence-corrected chi connectivity index (χ2v) is 22.2. The lowest BCUT2D eigenvalue weighted by Crippen LogP contribution is -2.61. The van der Waals surface area contributed by atoms with Crippen LogP contribution in [0.1, 0.15) is 156 Å². The molecule has 0 aliphatic carbocycles. The van der Waals surface area contributed by atoms with Crippen LogP contribution in [-0.2, 0) is 19.3 Å². The lowest BCUT2D eigenvalue weighted by Gasteiger charge is -2.46. The first-order valence-corrected chi connectivity index (χ1v) is 30.3. The van der Waals surface area contributed by atoms with Crippen molar-refractivity contribution in [1.82, 2.24) is 0 Å². The molecular weight excluding hydrogens is 1050 g/mol. The summed E-state index contributed by atoms with van der Waals surface area (Å²) < 4.78 is 283. The minimum Gasteiger partial charge on any atom is -0.310 e. The van der Waals surface area contributed by atoms with E-state index in [-0.39, 0.29) is 62.6 Å². The molecular formula is C84H81BN2. The minimum atomic E-state index is -0.967. The van der Waals surface area contributed by atoms with Gasteiger partial charge in [0, 0.05) is 45.0 Å². The van der Waals surface area contributed by atoms with E-state index >= 15 is 0 Å². The maximum atomic E-state index is 10.0. The van der Waals surface area contributed by atoms with E-state index in [9.17, 15) is 27.4 Å². The summed E-state index contributed by atoms with van der Waals surface area (Å²) in [6.07, 6.45) is 10.8. The molecule has 2 nitrogen and oxygen atoms in total. The van der Waals surface area contributed by atoms with E-state index in [0.29, 0.717) is 71.9 Å². The van der Waals surface area contributed by atoms with Crippen molar-refractivity contribution in [2.24, 2.45) is 0 Å². The Morgan fingerprint density at radius 2 is 0.586 bits per heavy atom. The minimum absolute atomic E-state index is 0.206. The molecule has 0 saturated carbocycles. The summed E-state index contributed by atoms with van der Waals surface area (Å²) in [5.41, 5.74) is -0.746. The van der Waals surface area contributed by atoms with Gasteiger partial charge in [0.2, 0.25) is 0 Å². The highest BCUT2D eigenvalue weighted by molar-refractivity contribution is 7.00. The van der Waals surface area contributed by atoms with Crippen molar-refractivity contribution in [1.29, 1.82) is 0 Å². The Labute approximate surface area is 561 Å². The monoisotopic (exact) mass is 1160 g/mol. The fourth-order valence-electron chi connectivity index (χ4n) is 12.5. The third kappa shape index (κ3) is 11.9. The Balaban J connectivity index is 1.33. The Kier molecular flexibility index (Phi) is 9.90. The van der Waals surface area contributed by atoms with Gasteiger partial charge in [0.05, 0.1) is 52.5 Å². The number of benzene rings is 11. The van der Waals surface area contributed by atoms with Gasteiger partial charge >= 0.3 is 0 Å². The Hall–Kier alpha value is -8.92. The molecule has 11 aromatic carbocycles. The van der Waals surface area contributed by atoms with Crippen molar-refractivity contribution in [3.8, 4) is 66.8 Å². The number of rotatable bonds is 23. The summed E-state index contributed by atoms with van der Waals surface area (Å²) in [5.74, 6) is 0. The summed E-state index contributed by atoms with van der Waals surface area (Å²) in [7, 11) is 0. The first-order valence-electron chi connectivity index (χ1n) is 45.3. The molecule has 11 aromatic rings. The molecule has 0 N–H and O–H groups in total. The van der Waals surface area contributed by atoms with Crippen LogP contribution in [0.3, 0.4) is 0 Å². The van der Waals surface area contributed by atoms with E-state index in [2.05, 4.69) is 13.8 Å². The van der Waals surface area contributed by atoms with Crippen LogP contribution < -0.4 is 26.2 Å². The van der Waals surface area contributed by atoms with E-state index < -0.39 is 221 Å². The van der Waals surface area contributed by atoms with Crippen molar-refractivity contribution < 1.29 is 41.1 Å². The van der Waals surface area contributed by atoms with Crippen LogP contribution in [0.4, 0.5) is 34.1 Å². The molecule has 430 valence electrons. The quantitative estimate of drug-likeness (QED) is 0.0465. The summed E-state index contributed by atoms with van der Waals surface area (Å²) >= 11 is 0. The van der Waals surface area contributed by atoms with E-state index in [1.807, 2.05) is 55.5 Å². The van der Waals surface area contributed by atoms with Crippen molar-refractivity contribution >= 4 is 57.2 Å². The molecule has 0 aromatic heterocycles. The summed E-state index contributed by atoms with van der Waals surface area (Å²) in [5, 5.41) is 0. The number of nitrogens with zero attached hydrogens (tertiary/aromatic N) is 2. The fraction of sp³-hybridized carbons (Fsp3) is 0.214. The molecule has 0 fully saturated rings. The molecule has 2 aliphatic heterocycles. The fourth-order valence-corrected chi connectivity index (χ4v) is 12.5. The Bertz CT molecular complexity index is 5280. The van der Waals surface area contributed by atoms with E-state index in [1.165, 1.54) is 24.3 Å².